The molecule has 0 N–H and O–H groups in total. The van der Waals surface area contributed by atoms with E-state index in [-0.39, 0.29) is 10.6 Å². The first-order valence-corrected chi connectivity index (χ1v) is 5.35. The molecule has 0 amide bonds. The van der Waals surface area contributed by atoms with E-state index in [1.54, 1.807) is 0 Å². The fourth-order valence-corrected chi connectivity index (χ4v) is 1.85. The van der Waals surface area contributed by atoms with Crippen LogP contribution in [0.1, 0.15) is 12.0 Å². The smallest absolute Gasteiger partial charge is 0.249 e. The predicted octanol–water partition coefficient (Wildman–Crippen LogP) is 3.88. The Kier molecular flexibility index (Phi) is 3.90. The van der Waals surface area contributed by atoms with Gasteiger partial charge in [0.25, 0.3) is 6.43 Å². The van der Waals surface area contributed by atoms with Crippen molar-refractivity contribution < 1.29 is 8.78 Å². The third-order valence-corrected chi connectivity index (χ3v) is 4.81. The zero-order valence-electron chi connectivity index (χ0n) is 5.49. The largest absolute Gasteiger partial charge is 0.266 e. The van der Waals surface area contributed by atoms with Crippen LogP contribution in [0.15, 0.2) is 6.20 Å². The van der Waals surface area contributed by atoms with E-state index in [1.165, 1.54) is 0 Å². The monoisotopic (exact) mass is 415 g/mol. The van der Waals surface area contributed by atoms with E-state index < -0.39 is 6.43 Å². The zero-order valence-corrected chi connectivity index (χ0v) is 10.6. The number of rotatable bonds is 1. The molecule has 12 heavy (non-hydrogen) atoms. The second-order valence-corrected chi connectivity index (χ2v) is 4.41. The van der Waals surface area contributed by atoms with Crippen molar-refractivity contribution in [2.45, 2.75) is 6.43 Å². The van der Waals surface area contributed by atoms with Crippen LogP contribution in [0.4, 0.5) is 8.78 Å². The van der Waals surface area contributed by atoms with Crippen LogP contribution in [-0.4, -0.2) is 4.98 Å². The Morgan fingerprint density at radius 2 is 2.00 bits per heavy atom. The fourth-order valence-electron chi connectivity index (χ4n) is 0.609. The highest BCUT2D eigenvalue weighted by Crippen LogP contribution is 2.31. The molecule has 1 nitrogen and oxygen atoms in total. The van der Waals surface area contributed by atoms with Crippen molar-refractivity contribution >= 4 is 56.8 Å². The Labute approximate surface area is 100 Å². The zero-order chi connectivity index (χ0) is 9.30. The fraction of sp³-hybridized carbons (Fsp3) is 0.167. The maximum absolute atomic E-state index is 12.2. The second-order valence-electron chi connectivity index (χ2n) is 1.93. The number of alkyl halides is 2. The van der Waals surface area contributed by atoms with Crippen molar-refractivity contribution in [3.05, 3.63) is 24.1 Å². The van der Waals surface area contributed by atoms with Crippen LogP contribution >= 0.6 is 56.8 Å². The van der Waals surface area contributed by atoms with Crippen molar-refractivity contribution in [2.24, 2.45) is 0 Å². The van der Waals surface area contributed by atoms with Gasteiger partial charge in [-0.3, -0.25) is 0 Å². The van der Waals surface area contributed by atoms with Crippen molar-refractivity contribution in [1.29, 1.82) is 0 Å². The molecule has 1 aromatic heterocycles. The van der Waals surface area contributed by atoms with Gasteiger partial charge in [0.1, 0.15) is 3.70 Å². The molecule has 0 aliphatic carbocycles. The lowest BCUT2D eigenvalue weighted by molar-refractivity contribution is 0.151. The molecular weight excluding hydrogens is 413 g/mol. The molecule has 0 atom stereocenters. The lowest BCUT2D eigenvalue weighted by Crippen LogP contribution is -1.94. The summed E-state index contributed by atoms with van der Waals surface area (Å²) in [6.07, 6.45) is -1.45. The van der Waals surface area contributed by atoms with E-state index in [0.29, 0.717) is 7.27 Å². The Morgan fingerprint density at radius 1 is 1.42 bits per heavy atom. The van der Waals surface area contributed by atoms with Gasteiger partial charge in [-0.05, 0) is 45.2 Å². The number of pyridine rings is 1. The number of aromatic nitrogens is 1. The maximum Gasteiger partial charge on any atom is 0.266 e. The molecule has 0 aromatic carbocycles. The summed E-state index contributed by atoms with van der Waals surface area (Å²) in [6, 6.07) is 0. The summed E-state index contributed by atoms with van der Waals surface area (Å²) in [4.78, 5) is 3.78. The minimum absolute atomic E-state index is 0.102. The van der Waals surface area contributed by atoms with Crippen molar-refractivity contribution in [3.63, 3.8) is 0 Å². The average molecular weight is 415 g/mol. The average Bonchev–Trinajstić information content (AvgIpc) is 2.00. The molecule has 0 bridgehead atoms. The molecule has 1 aromatic rings. The van der Waals surface area contributed by atoms with Crippen LogP contribution in [-0.2, 0) is 0 Å². The SMILES string of the molecule is FC(F)c1cnc(I)c(I)c1Cl. The molecule has 0 spiro atoms. The third kappa shape index (κ3) is 2.16. The van der Waals surface area contributed by atoms with Gasteiger partial charge in [-0.2, -0.15) is 0 Å². The van der Waals surface area contributed by atoms with Crippen LogP contribution in [0.25, 0.3) is 0 Å². The molecule has 0 aliphatic rings. The summed E-state index contributed by atoms with van der Waals surface area (Å²) in [5, 5.41) is 0.102. The van der Waals surface area contributed by atoms with Gasteiger partial charge >= 0.3 is 0 Å². The van der Waals surface area contributed by atoms with E-state index in [0.717, 1.165) is 6.20 Å². The van der Waals surface area contributed by atoms with Gasteiger partial charge in [0.2, 0.25) is 0 Å². The quantitative estimate of drug-likeness (QED) is 0.501. The summed E-state index contributed by atoms with van der Waals surface area (Å²) in [6.45, 7) is 0. The van der Waals surface area contributed by atoms with Gasteiger partial charge in [-0.25, -0.2) is 13.8 Å². The molecule has 1 rings (SSSR count). The van der Waals surface area contributed by atoms with E-state index in [4.69, 9.17) is 11.6 Å². The molecule has 0 unspecified atom stereocenters. The van der Waals surface area contributed by atoms with Crippen LogP contribution in [0, 0.1) is 7.27 Å². The topological polar surface area (TPSA) is 12.9 Å². The summed E-state index contributed by atoms with van der Waals surface area (Å²) in [5.74, 6) is 0. The van der Waals surface area contributed by atoms with Crippen LogP contribution in [0.3, 0.4) is 0 Å². The Balaban J connectivity index is 3.27. The van der Waals surface area contributed by atoms with Crippen molar-refractivity contribution in [1.82, 2.24) is 4.98 Å². The Hall–Kier alpha value is 0.760. The van der Waals surface area contributed by atoms with Crippen LogP contribution < -0.4 is 0 Å². The van der Waals surface area contributed by atoms with Gasteiger partial charge in [0.15, 0.2) is 0 Å². The van der Waals surface area contributed by atoms with E-state index >= 15 is 0 Å². The van der Waals surface area contributed by atoms with Crippen molar-refractivity contribution in [2.75, 3.05) is 0 Å². The molecular formula is C6H2ClF2I2N. The van der Waals surface area contributed by atoms with Gasteiger partial charge in [0, 0.05) is 6.20 Å². The molecule has 0 saturated heterocycles. The summed E-state index contributed by atoms with van der Waals surface area (Å²) < 4.78 is 25.6. The molecule has 6 heteroatoms. The highest BCUT2D eigenvalue weighted by Gasteiger charge is 2.16. The minimum atomic E-state index is -2.56. The van der Waals surface area contributed by atoms with Crippen LogP contribution in [0.5, 0.6) is 0 Å². The van der Waals surface area contributed by atoms with E-state index in [2.05, 4.69) is 4.98 Å². The van der Waals surface area contributed by atoms with Crippen LogP contribution in [0.2, 0.25) is 5.02 Å². The Bertz CT molecular complexity index is 306. The highest BCUT2D eigenvalue weighted by molar-refractivity contribution is 14.1. The maximum atomic E-state index is 12.2. The number of nitrogens with zero attached hydrogens (tertiary/aromatic N) is 1. The highest BCUT2D eigenvalue weighted by atomic mass is 127. The minimum Gasteiger partial charge on any atom is -0.249 e. The van der Waals surface area contributed by atoms with E-state index in [9.17, 15) is 8.78 Å². The number of halogens is 5. The molecule has 0 radical (unpaired) electrons. The first kappa shape index (κ1) is 10.8. The standard InChI is InChI=1S/C6H2ClF2I2N/c7-3-2(5(8)9)1-12-6(11)4(3)10/h1,5H. The molecule has 0 fully saturated rings. The molecule has 0 aliphatic heterocycles. The second kappa shape index (κ2) is 4.32. The van der Waals surface area contributed by atoms with Gasteiger partial charge in [0.05, 0.1) is 14.2 Å². The van der Waals surface area contributed by atoms with E-state index in [1.807, 2.05) is 45.2 Å². The summed E-state index contributed by atoms with van der Waals surface area (Å²) in [5.41, 5.74) is -0.207. The molecule has 66 valence electrons. The Morgan fingerprint density at radius 3 is 2.50 bits per heavy atom. The predicted molar refractivity (Wildman–Crippen MR) is 59.6 cm³/mol. The lowest BCUT2D eigenvalue weighted by atomic mass is 10.3. The summed E-state index contributed by atoms with van der Waals surface area (Å²) >= 11 is 9.50. The lowest BCUT2D eigenvalue weighted by Gasteiger charge is -2.04. The first-order valence-electron chi connectivity index (χ1n) is 2.81. The van der Waals surface area contributed by atoms with Crippen molar-refractivity contribution in [3.8, 4) is 0 Å². The number of hydrogen-bond donors (Lipinski definition) is 0. The summed E-state index contributed by atoms with van der Waals surface area (Å²) in [7, 11) is 0. The third-order valence-electron chi connectivity index (χ3n) is 1.18. The van der Waals surface area contributed by atoms with Gasteiger partial charge < -0.3 is 0 Å². The first-order chi connectivity index (χ1) is 5.54. The normalized spacial score (nSPS) is 10.8. The van der Waals surface area contributed by atoms with Gasteiger partial charge in [-0.1, -0.05) is 11.6 Å². The van der Waals surface area contributed by atoms with Gasteiger partial charge in [-0.15, -0.1) is 0 Å². The molecule has 1 heterocycles. The molecule has 0 saturated carbocycles. The number of hydrogen-bond acceptors (Lipinski definition) is 1.